The van der Waals surface area contributed by atoms with Gasteiger partial charge in [-0.15, -0.1) is 0 Å². The van der Waals surface area contributed by atoms with Crippen LogP contribution in [0.3, 0.4) is 0 Å². The summed E-state index contributed by atoms with van der Waals surface area (Å²) >= 11 is 7.39. The molecule has 2 nitrogen and oxygen atoms in total. The molecule has 2 aromatic carbocycles. The van der Waals surface area contributed by atoms with Crippen LogP contribution in [0.1, 0.15) is 42.5 Å². The predicted octanol–water partition coefficient (Wildman–Crippen LogP) is 7.43. The van der Waals surface area contributed by atoms with Crippen LogP contribution >= 0.6 is 59.9 Å². The summed E-state index contributed by atoms with van der Waals surface area (Å²) in [7, 11) is 0. The maximum atomic E-state index is 5.27. The molecule has 2 aliphatic heterocycles. The molecule has 0 spiro atoms. The van der Waals surface area contributed by atoms with E-state index >= 15 is 0 Å². The molecule has 0 aromatic heterocycles. The van der Waals surface area contributed by atoms with E-state index in [0.29, 0.717) is 12.2 Å². The largest absolute Gasteiger partial charge is 0.373 e. The van der Waals surface area contributed by atoms with Gasteiger partial charge in [0, 0.05) is 0 Å². The second kappa shape index (κ2) is 14.3. The van der Waals surface area contributed by atoms with Gasteiger partial charge in [-0.3, -0.25) is 0 Å². The van der Waals surface area contributed by atoms with Crippen molar-refractivity contribution in [2.75, 3.05) is 13.2 Å². The summed E-state index contributed by atoms with van der Waals surface area (Å²) in [6, 6.07) is 18.3. The molecule has 0 bridgehead atoms. The van der Waals surface area contributed by atoms with Gasteiger partial charge < -0.3 is 9.47 Å². The summed E-state index contributed by atoms with van der Waals surface area (Å²) in [5.74, 6) is 0. The fourth-order valence-electron chi connectivity index (χ4n) is 3.16. The van der Waals surface area contributed by atoms with Gasteiger partial charge in [-0.05, 0) is 60.8 Å². The van der Waals surface area contributed by atoms with E-state index in [2.05, 4.69) is 108 Å². The third-order valence-corrected chi connectivity index (χ3v) is 5.06. The first-order valence-corrected chi connectivity index (χ1v) is 23.3. The molecular weight excluding hydrogens is 740 g/mol. The fourth-order valence-corrected chi connectivity index (χ4v) is 3.16. The Labute approximate surface area is 214 Å². The third-order valence-electron chi connectivity index (χ3n) is 5.06. The summed E-state index contributed by atoms with van der Waals surface area (Å²) in [5.41, 5.74) is 5.71. The van der Waals surface area contributed by atoms with E-state index in [4.69, 9.17) is 9.47 Å². The van der Waals surface area contributed by atoms with Crippen LogP contribution < -0.4 is 0 Å². The molecule has 0 radical (unpaired) electrons. The van der Waals surface area contributed by atoms with Crippen molar-refractivity contribution in [1.29, 1.82) is 0 Å². The van der Waals surface area contributed by atoms with Gasteiger partial charge in [0.2, 0.25) is 0 Å². The van der Waals surface area contributed by atoms with E-state index in [1.807, 2.05) is 0 Å². The Morgan fingerprint density at radius 2 is 0.862 bits per heavy atom. The molecule has 0 aliphatic carbocycles. The first kappa shape index (κ1) is 26.4. The second-order valence-electron chi connectivity index (χ2n) is 7.31. The van der Waals surface area contributed by atoms with Crippen LogP contribution in [0.5, 0.6) is 0 Å². The molecule has 0 N–H and O–H groups in total. The maximum absolute atomic E-state index is 5.27. The van der Waals surface area contributed by atoms with Gasteiger partial charge in [0.1, 0.15) is 0 Å². The van der Waals surface area contributed by atoms with Crippen molar-refractivity contribution < 1.29 is 14.4 Å². The predicted molar refractivity (Wildman–Crippen MR) is 145 cm³/mol. The number of epoxide rings is 2. The molecule has 2 aliphatic rings. The Morgan fingerprint density at radius 3 is 1.10 bits per heavy atom. The van der Waals surface area contributed by atoms with Crippen LogP contribution in [0, 0.1) is 0 Å². The minimum absolute atomic E-state index is 0. The molecule has 0 saturated carbocycles. The van der Waals surface area contributed by atoms with Crippen molar-refractivity contribution in [2.45, 2.75) is 58.2 Å². The van der Waals surface area contributed by atoms with Crippen molar-refractivity contribution in [3.8, 4) is 0 Å². The number of halogens is 3. The summed E-state index contributed by atoms with van der Waals surface area (Å²) in [6.45, 7) is 1.93. The number of aryl methyl sites for hydroxylation is 4. The van der Waals surface area contributed by atoms with Gasteiger partial charge in [0.15, 0.2) is 0 Å². The first-order valence-electron chi connectivity index (χ1n) is 9.75. The Balaban J connectivity index is 0.000000552. The maximum Gasteiger partial charge on any atom is 0.0813 e. The monoisotopic (exact) mass is 770 g/mol. The number of benzene rings is 2. The molecule has 2 fully saturated rings. The molecule has 4 rings (SSSR count). The Hall–Kier alpha value is 1.13. The standard InChI is InChI=1S/C22H26O2.CH4.3HI.V/c1(17-3-7-19(8-4-17)11-13-21-15-23-21)2-18-5-9-20(10-6-18)12-14-22-16-24-22;;;;;/h3-10,21-22H,1-2,11-16H2;1H4;3*1H;/q;;;;;+3/p-3. The summed E-state index contributed by atoms with van der Waals surface area (Å²) < 4.78 is 10.5. The minimum Gasteiger partial charge on any atom is -0.373 e. The van der Waals surface area contributed by atoms with E-state index in [9.17, 15) is 0 Å². The zero-order valence-corrected chi connectivity index (χ0v) is 23.7. The van der Waals surface area contributed by atoms with Crippen molar-refractivity contribution >= 4 is 59.9 Å². The average Bonchev–Trinajstić information content (AvgIpc) is 3.59. The quantitative estimate of drug-likeness (QED) is 0.196. The molecule has 2 atom stereocenters. The number of rotatable bonds is 9. The molecule has 2 unspecified atom stereocenters. The number of hydrogen-bond donors (Lipinski definition) is 0. The number of hydrogen-bond acceptors (Lipinski definition) is 2. The summed E-state index contributed by atoms with van der Waals surface area (Å²) in [4.78, 5) is -0.278. The van der Waals surface area contributed by atoms with Crippen LogP contribution in [0.15, 0.2) is 48.5 Å². The molecule has 6 heteroatoms. The molecule has 29 heavy (non-hydrogen) atoms. The fraction of sp³-hybridized carbons (Fsp3) is 0.478. The van der Waals surface area contributed by atoms with Crippen LogP contribution in [0.2, 0.25) is 0 Å². The molecule has 160 valence electrons. The van der Waals surface area contributed by atoms with Gasteiger partial charge >= 0.3 is 64.9 Å². The first-order chi connectivity index (χ1) is 13.6. The Morgan fingerprint density at radius 1 is 0.621 bits per heavy atom. The number of ether oxygens (including phenoxy) is 2. The Kier molecular flexibility index (Phi) is 13.0. The van der Waals surface area contributed by atoms with E-state index in [0.717, 1.165) is 38.9 Å². The van der Waals surface area contributed by atoms with E-state index in [1.165, 1.54) is 35.1 Å². The Bertz CT molecular complexity index is 637. The van der Waals surface area contributed by atoms with Crippen LogP contribution in [-0.2, 0) is 40.1 Å². The average molecular weight is 770 g/mol. The zero-order valence-electron chi connectivity index (χ0n) is 15.8. The summed E-state index contributed by atoms with van der Waals surface area (Å²) in [5, 5.41) is 0. The molecule has 2 aromatic rings. The van der Waals surface area contributed by atoms with Crippen molar-refractivity contribution in [2.24, 2.45) is 0 Å². The molecule has 0 amide bonds. The van der Waals surface area contributed by atoms with Crippen molar-refractivity contribution in [3.63, 3.8) is 0 Å². The van der Waals surface area contributed by atoms with Crippen LogP contribution in [0.25, 0.3) is 0 Å². The summed E-state index contributed by atoms with van der Waals surface area (Å²) in [6.07, 6.45) is 7.89. The van der Waals surface area contributed by atoms with Crippen LogP contribution in [0.4, 0.5) is 0 Å². The second-order valence-corrected chi connectivity index (χ2v) is 42.7. The van der Waals surface area contributed by atoms with Gasteiger partial charge in [-0.1, -0.05) is 56.0 Å². The molecular formula is C23H30I3O2V. The van der Waals surface area contributed by atoms with Crippen LogP contribution in [-0.4, -0.2) is 25.4 Å². The smallest absolute Gasteiger partial charge is 0.0813 e. The van der Waals surface area contributed by atoms with E-state index < -0.39 is 0 Å². The van der Waals surface area contributed by atoms with Gasteiger partial charge in [-0.25, -0.2) is 0 Å². The third kappa shape index (κ3) is 12.1. The van der Waals surface area contributed by atoms with Gasteiger partial charge in [0.05, 0.1) is 25.4 Å². The SMILES string of the molecule is C.[I][V]([I])[I].c1cc(CCC2CO2)ccc1CCc1ccc(CCC2CO2)cc1. The zero-order chi connectivity index (χ0) is 19.8. The minimum atomic E-state index is -0.278. The van der Waals surface area contributed by atoms with Crippen molar-refractivity contribution in [3.05, 3.63) is 70.8 Å². The molecule has 2 saturated heterocycles. The topological polar surface area (TPSA) is 25.1 Å². The van der Waals surface area contributed by atoms with E-state index in [1.54, 1.807) is 0 Å². The van der Waals surface area contributed by atoms with Gasteiger partial charge in [0.25, 0.3) is 0 Å². The van der Waals surface area contributed by atoms with E-state index in [-0.39, 0.29) is 12.3 Å². The molecule has 2 heterocycles. The normalized spacial score (nSPS) is 19.2. The van der Waals surface area contributed by atoms with Gasteiger partial charge in [-0.2, -0.15) is 0 Å². The van der Waals surface area contributed by atoms with Crippen molar-refractivity contribution in [1.82, 2.24) is 0 Å².